The van der Waals surface area contributed by atoms with Crippen LogP contribution in [0.5, 0.6) is 0 Å². The SMILES string of the molecule is CC(CCN)CCC(=O)Nc1c(F)c(F)cc(F)c1F. The summed E-state index contributed by atoms with van der Waals surface area (Å²) in [5, 5.41) is 1.86. The molecule has 1 amide bonds. The van der Waals surface area contributed by atoms with Crippen molar-refractivity contribution in [3.8, 4) is 0 Å². The summed E-state index contributed by atoms with van der Waals surface area (Å²) in [5.41, 5.74) is 4.25. The van der Waals surface area contributed by atoms with E-state index >= 15 is 0 Å². The average Bonchev–Trinajstić information content (AvgIpc) is 2.39. The fraction of sp³-hybridized carbons (Fsp3) is 0.462. The van der Waals surface area contributed by atoms with E-state index in [1.165, 1.54) is 0 Å². The maximum Gasteiger partial charge on any atom is 0.224 e. The van der Waals surface area contributed by atoms with Gasteiger partial charge in [-0.1, -0.05) is 6.92 Å². The highest BCUT2D eigenvalue weighted by Crippen LogP contribution is 2.24. The van der Waals surface area contributed by atoms with Crippen LogP contribution in [-0.2, 0) is 4.79 Å². The Balaban J connectivity index is 2.71. The second-order valence-electron chi connectivity index (χ2n) is 4.61. The molecule has 112 valence electrons. The summed E-state index contributed by atoms with van der Waals surface area (Å²) < 4.78 is 52.5. The molecule has 0 aromatic heterocycles. The van der Waals surface area contributed by atoms with Crippen LogP contribution < -0.4 is 11.1 Å². The van der Waals surface area contributed by atoms with E-state index in [4.69, 9.17) is 5.73 Å². The molecule has 0 fully saturated rings. The van der Waals surface area contributed by atoms with Crippen molar-refractivity contribution in [3.63, 3.8) is 0 Å². The van der Waals surface area contributed by atoms with Crippen LogP contribution in [0.15, 0.2) is 6.07 Å². The topological polar surface area (TPSA) is 55.1 Å². The molecule has 0 heterocycles. The van der Waals surface area contributed by atoms with Crippen LogP contribution >= 0.6 is 0 Å². The Bertz CT molecular complexity index is 467. The fourth-order valence-electron chi connectivity index (χ4n) is 1.69. The van der Waals surface area contributed by atoms with Crippen LogP contribution in [0.1, 0.15) is 26.2 Å². The molecule has 0 aliphatic carbocycles. The molecule has 3 nitrogen and oxygen atoms in total. The van der Waals surface area contributed by atoms with Crippen LogP contribution in [0, 0.1) is 29.2 Å². The van der Waals surface area contributed by atoms with Crippen molar-refractivity contribution in [2.45, 2.75) is 26.2 Å². The van der Waals surface area contributed by atoms with Gasteiger partial charge < -0.3 is 11.1 Å². The molecule has 0 aliphatic heterocycles. The molecule has 0 saturated heterocycles. The standard InChI is InChI=1S/C13H16F4N2O/c1-7(4-5-18)2-3-10(20)19-13-11(16)8(14)6-9(15)12(13)17/h6-7H,2-5,18H2,1H3,(H,19,20). The van der Waals surface area contributed by atoms with Crippen LogP contribution in [0.3, 0.4) is 0 Å². The van der Waals surface area contributed by atoms with Crippen molar-refractivity contribution >= 4 is 11.6 Å². The second kappa shape index (κ2) is 7.23. The van der Waals surface area contributed by atoms with E-state index in [0.29, 0.717) is 19.4 Å². The molecule has 1 unspecified atom stereocenters. The number of rotatable bonds is 6. The Hall–Kier alpha value is -1.63. The lowest BCUT2D eigenvalue weighted by Gasteiger charge is -2.11. The summed E-state index contributed by atoms with van der Waals surface area (Å²) in [6.45, 7) is 2.35. The Morgan fingerprint density at radius 1 is 1.20 bits per heavy atom. The van der Waals surface area contributed by atoms with Gasteiger partial charge in [0.15, 0.2) is 23.3 Å². The maximum atomic E-state index is 13.3. The number of hydrogen-bond acceptors (Lipinski definition) is 2. The number of nitrogens with one attached hydrogen (secondary N) is 1. The second-order valence-corrected chi connectivity index (χ2v) is 4.61. The zero-order valence-electron chi connectivity index (χ0n) is 11.0. The van der Waals surface area contributed by atoms with Gasteiger partial charge >= 0.3 is 0 Å². The van der Waals surface area contributed by atoms with E-state index in [9.17, 15) is 22.4 Å². The van der Waals surface area contributed by atoms with Gasteiger partial charge in [0.1, 0.15) is 5.69 Å². The number of carbonyl (C=O) groups is 1. The van der Waals surface area contributed by atoms with E-state index in [1.807, 2.05) is 12.2 Å². The van der Waals surface area contributed by atoms with E-state index in [0.717, 1.165) is 0 Å². The lowest BCUT2D eigenvalue weighted by molar-refractivity contribution is -0.116. The summed E-state index contributed by atoms with van der Waals surface area (Å²) in [6, 6.07) is 0.0869. The third kappa shape index (κ3) is 4.19. The van der Waals surface area contributed by atoms with Crippen molar-refractivity contribution in [2.24, 2.45) is 11.7 Å². The number of carbonyl (C=O) groups excluding carboxylic acids is 1. The van der Waals surface area contributed by atoms with Crippen LogP contribution in [0.25, 0.3) is 0 Å². The first-order valence-corrected chi connectivity index (χ1v) is 6.19. The lowest BCUT2D eigenvalue weighted by Crippen LogP contribution is -2.17. The van der Waals surface area contributed by atoms with Gasteiger partial charge in [-0.3, -0.25) is 4.79 Å². The van der Waals surface area contributed by atoms with Gasteiger partial charge in [0.2, 0.25) is 5.91 Å². The predicted molar refractivity (Wildman–Crippen MR) is 67.0 cm³/mol. The first-order valence-electron chi connectivity index (χ1n) is 6.19. The molecular weight excluding hydrogens is 276 g/mol. The van der Waals surface area contributed by atoms with Crippen molar-refractivity contribution in [2.75, 3.05) is 11.9 Å². The highest BCUT2D eigenvalue weighted by Gasteiger charge is 2.20. The zero-order chi connectivity index (χ0) is 15.3. The number of hydrogen-bond donors (Lipinski definition) is 2. The Kier molecular flexibility index (Phi) is 5.94. The van der Waals surface area contributed by atoms with E-state index < -0.39 is 34.9 Å². The van der Waals surface area contributed by atoms with Gasteiger partial charge in [-0.05, 0) is 25.3 Å². The number of benzene rings is 1. The Morgan fingerprint density at radius 2 is 1.75 bits per heavy atom. The fourth-order valence-corrected chi connectivity index (χ4v) is 1.69. The van der Waals surface area contributed by atoms with Gasteiger partial charge in [0.25, 0.3) is 0 Å². The molecule has 0 aliphatic rings. The highest BCUT2D eigenvalue weighted by molar-refractivity contribution is 5.90. The van der Waals surface area contributed by atoms with E-state index in [2.05, 4.69) is 0 Å². The first-order chi connectivity index (χ1) is 9.36. The monoisotopic (exact) mass is 292 g/mol. The summed E-state index contributed by atoms with van der Waals surface area (Å²) in [4.78, 5) is 11.5. The molecule has 3 N–H and O–H groups in total. The summed E-state index contributed by atoms with van der Waals surface area (Å²) in [6.07, 6.45) is 1.16. The molecule has 20 heavy (non-hydrogen) atoms. The van der Waals surface area contributed by atoms with Gasteiger partial charge in [-0.15, -0.1) is 0 Å². The minimum atomic E-state index is -1.62. The lowest BCUT2D eigenvalue weighted by atomic mass is 10.0. The summed E-state index contributed by atoms with van der Waals surface area (Å²) in [7, 11) is 0. The van der Waals surface area contributed by atoms with Gasteiger partial charge in [-0.2, -0.15) is 0 Å². The zero-order valence-corrected chi connectivity index (χ0v) is 11.0. The Morgan fingerprint density at radius 3 is 2.25 bits per heavy atom. The molecule has 1 rings (SSSR count). The van der Waals surface area contributed by atoms with Crippen molar-refractivity contribution in [1.29, 1.82) is 0 Å². The van der Waals surface area contributed by atoms with Gasteiger partial charge in [0.05, 0.1) is 0 Å². The van der Waals surface area contributed by atoms with Gasteiger partial charge in [0, 0.05) is 12.5 Å². The molecule has 0 radical (unpaired) electrons. The minimum Gasteiger partial charge on any atom is -0.330 e. The molecular formula is C13H16F4N2O. The third-order valence-electron chi connectivity index (χ3n) is 2.90. The van der Waals surface area contributed by atoms with Crippen LogP contribution in [0.2, 0.25) is 0 Å². The predicted octanol–water partition coefficient (Wildman–Crippen LogP) is 2.95. The van der Waals surface area contributed by atoms with Gasteiger partial charge in [-0.25, -0.2) is 17.6 Å². The molecule has 1 atom stereocenters. The van der Waals surface area contributed by atoms with Crippen molar-refractivity contribution in [3.05, 3.63) is 29.3 Å². The molecule has 1 aromatic rings. The highest BCUT2D eigenvalue weighted by atomic mass is 19.2. The normalized spacial score (nSPS) is 12.3. The van der Waals surface area contributed by atoms with E-state index in [-0.39, 0.29) is 18.4 Å². The van der Waals surface area contributed by atoms with E-state index in [1.54, 1.807) is 0 Å². The number of amides is 1. The minimum absolute atomic E-state index is 0.0157. The Labute approximate surface area is 114 Å². The van der Waals surface area contributed by atoms with Crippen LogP contribution in [-0.4, -0.2) is 12.5 Å². The largest absolute Gasteiger partial charge is 0.330 e. The van der Waals surface area contributed by atoms with Crippen LogP contribution in [0.4, 0.5) is 23.2 Å². The average molecular weight is 292 g/mol. The molecule has 0 saturated carbocycles. The molecule has 0 spiro atoms. The number of anilines is 1. The number of nitrogens with two attached hydrogens (primary N) is 1. The van der Waals surface area contributed by atoms with Crippen molar-refractivity contribution < 1.29 is 22.4 Å². The first kappa shape index (κ1) is 16.4. The number of halogens is 4. The van der Waals surface area contributed by atoms with Crippen molar-refractivity contribution in [1.82, 2.24) is 0 Å². The quantitative estimate of drug-likeness (QED) is 0.625. The smallest absolute Gasteiger partial charge is 0.224 e. The summed E-state index contributed by atoms with van der Waals surface area (Å²) in [5.74, 6) is -6.90. The maximum absolute atomic E-state index is 13.3. The third-order valence-corrected chi connectivity index (χ3v) is 2.90. The molecule has 1 aromatic carbocycles. The molecule has 7 heteroatoms. The molecule has 0 bridgehead atoms. The summed E-state index contributed by atoms with van der Waals surface area (Å²) >= 11 is 0.